The lowest BCUT2D eigenvalue weighted by molar-refractivity contribution is -0.383. The number of aromatic nitrogens is 2. The van der Waals surface area contributed by atoms with Crippen LogP contribution in [0.2, 0.25) is 0 Å². The van der Waals surface area contributed by atoms with E-state index in [0.29, 0.717) is 5.82 Å². The molecule has 0 aliphatic heterocycles. The SMILES string of the molecule is O=[N+]([O-])c1c(Nc2ccccc2)ncnc1NC12CC3CC(CC(C3)C1)C2. The zero-order valence-corrected chi connectivity index (χ0v) is 15.1. The third-order valence-electron chi connectivity index (χ3n) is 6.46. The highest BCUT2D eigenvalue weighted by Crippen LogP contribution is 2.57. The van der Waals surface area contributed by atoms with Gasteiger partial charge in [-0.3, -0.25) is 10.1 Å². The van der Waals surface area contributed by atoms with Gasteiger partial charge in [0.1, 0.15) is 6.33 Å². The second-order valence-corrected chi connectivity index (χ2v) is 8.49. The molecule has 0 atom stereocenters. The zero-order chi connectivity index (χ0) is 18.4. The normalized spacial score (nSPS) is 30.9. The van der Waals surface area contributed by atoms with Crippen molar-refractivity contribution in [2.24, 2.45) is 17.8 Å². The smallest absolute Gasteiger partial charge is 0.353 e. The van der Waals surface area contributed by atoms with Gasteiger partial charge in [0, 0.05) is 11.2 Å². The van der Waals surface area contributed by atoms with Crippen LogP contribution in [0.25, 0.3) is 0 Å². The van der Waals surface area contributed by atoms with Crippen LogP contribution in [-0.4, -0.2) is 20.4 Å². The van der Waals surface area contributed by atoms with Gasteiger partial charge < -0.3 is 10.6 Å². The summed E-state index contributed by atoms with van der Waals surface area (Å²) in [7, 11) is 0. The molecule has 2 aromatic rings. The Balaban J connectivity index is 1.47. The minimum Gasteiger partial charge on any atom is -0.359 e. The van der Waals surface area contributed by atoms with Gasteiger partial charge in [0.15, 0.2) is 0 Å². The number of nitrogens with one attached hydrogen (secondary N) is 2. The van der Waals surface area contributed by atoms with E-state index in [0.717, 1.165) is 42.7 Å². The quantitative estimate of drug-likeness (QED) is 0.598. The number of anilines is 3. The number of hydrogen-bond acceptors (Lipinski definition) is 6. The number of nitro groups is 1. The van der Waals surface area contributed by atoms with E-state index >= 15 is 0 Å². The van der Waals surface area contributed by atoms with Gasteiger partial charge in [-0.05, 0) is 68.4 Å². The van der Waals surface area contributed by atoms with Crippen LogP contribution in [0.4, 0.5) is 23.0 Å². The maximum atomic E-state index is 11.9. The number of benzene rings is 1. The Bertz CT molecular complexity index is 835. The van der Waals surface area contributed by atoms with Gasteiger partial charge in [-0.25, -0.2) is 9.97 Å². The van der Waals surface area contributed by atoms with Crippen molar-refractivity contribution in [3.63, 3.8) is 0 Å². The summed E-state index contributed by atoms with van der Waals surface area (Å²) in [6.45, 7) is 0. The van der Waals surface area contributed by atoms with Gasteiger partial charge in [-0.15, -0.1) is 0 Å². The summed E-state index contributed by atoms with van der Waals surface area (Å²) >= 11 is 0. The van der Waals surface area contributed by atoms with Crippen molar-refractivity contribution >= 4 is 23.0 Å². The van der Waals surface area contributed by atoms with Gasteiger partial charge in [-0.1, -0.05) is 18.2 Å². The largest absolute Gasteiger partial charge is 0.359 e. The fourth-order valence-electron chi connectivity index (χ4n) is 5.91. The Morgan fingerprint density at radius 1 is 0.963 bits per heavy atom. The highest BCUT2D eigenvalue weighted by Gasteiger charge is 2.51. The van der Waals surface area contributed by atoms with Crippen molar-refractivity contribution in [1.29, 1.82) is 0 Å². The molecule has 4 bridgehead atoms. The van der Waals surface area contributed by atoms with E-state index in [4.69, 9.17) is 0 Å². The third kappa shape index (κ3) is 3.01. The van der Waals surface area contributed by atoms with Gasteiger partial charge in [0.2, 0.25) is 11.6 Å². The molecule has 0 amide bonds. The molecule has 0 unspecified atom stereocenters. The van der Waals surface area contributed by atoms with Crippen molar-refractivity contribution in [1.82, 2.24) is 9.97 Å². The molecule has 0 spiro atoms. The van der Waals surface area contributed by atoms with Gasteiger partial charge in [0.25, 0.3) is 0 Å². The van der Waals surface area contributed by atoms with Crippen LogP contribution in [-0.2, 0) is 0 Å². The van der Waals surface area contributed by atoms with Crippen molar-refractivity contribution in [2.75, 3.05) is 10.6 Å². The predicted octanol–water partition coefficient (Wildman–Crippen LogP) is 4.51. The van der Waals surface area contributed by atoms with Crippen molar-refractivity contribution in [2.45, 2.75) is 44.1 Å². The standard InChI is InChI=1S/C20H23N5O2/c26-25(27)17-18(23-16-4-2-1-3-5-16)21-12-22-19(17)24-20-9-13-6-14(10-20)8-15(7-13)11-20/h1-5,12-15H,6-11H2,(H2,21,22,23,24). The lowest BCUT2D eigenvalue weighted by atomic mass is 9.53. The van der Waals surface area contributed by atoms with Crippen LogP contribution >= 0.6 is 0 Å². The third-order valence-corrected chi connectivity index (χ3v) is 6.46. The summed E-state index contributed by atoms with van der Waals surface area (Å²) in [5.74, 6) is 2.84. The minimum absolute atomic E-state index is 0.0438. The molecule has 1 heterocycles. The van der Waals surface area contributed by atoms with E-state index in [2.05, 4.69) is 20.6 Å². The molecule has 7 nitrogen and oxygen atoms in total. The molecule has 1 aromatic carbocycles. The summed E-state index contributed by atoms with van der Waals surface area (Å²) < 4.78 is 0. The Hall–Kier alpha value is -2.70. The number of nitrogens with zero attached hydrogens (tertiary/aromatic N) is 3. The monoisotopic (exact) mass is 365 g/mol. The van der Waals surface area contributed by atoms with Gasteiger partial charge >= 0.3 is 5.69 Å². The van der Waals surface area contributed by atoms with Gasteiger partial charge in [-0.2, -0.15) is 0 Å². The second kappa shape index (κ2) is 6.18. The summed E-state index contributed by atoms with van der Waals surface area (Å²) in [6.07, 6.45) is 8.68. The van der Waals surface area contributed by atoms with E-state index in [1.54, 1.807) is 0 Å². The first kappa shape index (κ1) is 16.5. The Kier molecular flexibility index (Phi) is 3.77. The summed E-state index contributed by atoms with van der Waals surface area (Å²) in [6, 6.07) is 9.38. The second-order valence-electron chi connectivity index (χ2n) is 8.49. The molecule has 2 N–H and O–H groups in total. The molecular weight excluding hydrogens is 342 g/mol. The highest BCUT2D eigenvalue weighted by molar-refractivity contribution is 5.74. The van der Waals surface area contributed by atoms with Crippen LogP contribution in [0.3, 0.4) is 0 Å². The molecule has 0 radical (unpaired) electrons. The first-order chi connectivity index (χ1) is 13.1. The topological polar surface area (TPSA) is 93.0 Å². The van der Waals surface area contributed by atoms with Crippen LogP contribution in [0.15, 0.2) is 36.7 Å². The van der Waals surface area contributed by atoms with Crippen molar-refractivity contribution in [3.8, 4) is 0 Å². The fourth-order valence-corrected chi connectivity index (χ4v) is 5.91. The first-order valence-corrected chi connectivity index (χ1v) is 9.70. The average molecular weight is 365 g/mol. The maximum Gasteiger partial charge on any atom is 0.353 e. The number of rotatable bonds is 5. The molecular formula is C20H23N5O2. The molecule has 140 valence electrons. The van der Waals surface area contributed by atoms with E-state index in [1.807, 2.05) is 30.3 Å². The van der Waals surface area contributed by atoms with Crippen molar-refractivity contribution < 1.29 is 4.92 Å². The number of hydrogen-bond donors (Lipinski definition) is 2. The average Bonchev–Trinajstić information content (AvgIpc) is 2.61. The minimum atomic E-state index is -0.381. The van der Waals surface area contributed by atoms with Gasteiger partial charge in [0.05, 0.1) is 4.92 Å². The van der Waals surface area contributed by atoms with Crippen LogP contribution in [0.5, 0.6) is 0 Å². The summed E-state index contributed by atoms with van der Waals surface area (Å²) in [5.41, 5.74) is 0.648. The Labute approximate surface area is 157 Å². The molecule has 7 heteroatoms. The fraction of sp³-hybridized carbons (Fsp3) is 0.500. The summed E-state index contributed by atoms with van der Waals surface area (Å²) in [4.78, 5) is 19.9. The molecule has 4 fully saturated rings. The van der Waals surface area contributed by atoms with E-state index in [9.17, 15) is 10.1 Å². The number of para-hydroxylation sites is 1. The van der Waals surface area contributed by atoms with E-state index in [1.165, 1.54) is 25.6 Å². The lowest BCUT2D eigenvalue weighted by Gasteiger charge is -2.57. The molecule has 4 aliphatic rings. The molecule has 27 heavy (non-hydrogen) atoms. The molecule has 4 saturated carbocycles. The van der Waals surface area contributed by atoms with Crippen molar-refractivity contribution in [3.05, 3.63) is 46.8 Å². The van der Waals surface area contributed by atoms with Crippen LogP contribution < -0.4 is 10.6 Å². The highest BCUT2D eigenvalue weighted by atomic mass is 16.6. The van der Waals surface area contributed by atoms with E-state index < -0.39 is 0 Å². The Morgan fingerprint density at radius 3 is 2.15 bits per heavy atom. The maximum absolute atomic E-state index is 11.9. The van der Waals surface area contributed by atoms with E-state index in [-0.39, 0.29) is 22.0 Å². The lowest BCUT2D eigenvalue weighted by Crippen LogP contribution is -2.55. The van der Waals surface area contributed by atoms with Crippen LogP contribution in [0, 0.1) is 27.9 Å². The summed E-state index contributed by atoms with van der Waals surface area (Å²) in [5, 5.41) is 18.5. The molecule has 0 saturated heterocycles. The molecule has 6 rings (SSSR count). The van der Waals surface area contributed by atoms with Crippen LogP contribution in [0.1, 0.15) is 38.5 Å². The first-order valence-electron chi connectivity index (χ1n) is 9.70. The molecule has 4 aliphatic carbocycles. The predicted molar refractivity (Wildman–Crippen MR) is 103 cm³/mol. The molecule has 1 aromatic heterocycles. The zero-order valence-electron chi connectivity index (χ0n) is 15.1. The Morgan fingerprint density at radius 2 is 1.56 bits per heavy atom.